The van der Waals surface area contributed by atoms with Gasteiger partial charge in [-0.3, -0.25) is 9.59 Å². The van der Waals surface area contributed by atoms with E-state index in [0.29, 0.717) is 0 Å². The van der Waals surface area contributed by atoms with E-state index in [-0.39, 0.29) is 37.8 Å². The van der Waals surface area contributed by atoms with Gasteiger partial charge in [0.25, 0.3) is 0 Å². The number of halogens is 3. The minimum atomic E-state index is -4.40. The maximum Gasteiger partial charge on any atom is 0.441 e. The summed E-state index contributed by atoms with van der Waals surface area (Å²) in [7, 11) is 0. The molecule has 0 aliphatic rings. The predicted octanol–water partition coefficient (Wildman–Crippen LogP) is 3.15. The van der Waals surface area contributed by atoms with Gasteiger partial charge in [-0.05, 0) is 26.7 Å². The highest BCUT2D eigenvalue weighted by Crippen LogP contribution is 2.36. The van der Waals surface area contributed by atoms with Gasteiger partial charge in [0.2, 0.25) is 0 Å². The number of hydrogen-bond acceptors (Lipinski definition) is 5. The Bertz CT molecular complexity index is 313. The van der Waals surface area contributed by atoms with E-state index in [4.69, 9.17) is 9.47 Å². The van der Waals surface area contributed by atoms with Gasteiger partial charge >= 0.3 is 17.4 Å². The molecule has 0 rings (SSSR count). The second kappa shape index (κ2) is 8.39. The lowest BCUT2D eigenvalue weighted by Gasteiger charge is -2.27. The predicted molar refractivity (Wildman–Crippen MR) is 69.1 cm³/mol. The van der Waals surface area contributed by atoms with Crippen LogP contribution in [0.3, 0.4) is 0 Å². The van der Waals surface area contributed by atoms with Crippen molar-refractivity contribution in [3.8, 4) is 0 Å². The van der Waals surface area contributed by atoms with Crippen LogP contribution in [-0.2, 0) is 19.1 Å². The maximum atomic E-state index is 12.2. The average molecular weight is 316 g/mol. The van der Waals surface area contributed by atoms with Crippen molar-refractivity contribution in [2.75, 3.05) is 19.0 Å². The van der Waals surface area contributed by atoms with Crippen molar-refractivity contribution < 1.29 is 32.2 Å². The first-order valence-electron chi connectivity index (χ1n) is 6.28. The molecule has 0 aliphatic heterocycles. The van der Waals surface area contributed by atoms with E-state index in [1.807, 2.05) is 0 Å². The van der Waals surface area contributed by atoms with Crippen molar-refractivity contribution in [2.45, 2.75) is 39.1 Å². The molecular formula is C12H19F3O4S. The van der Waals surface area contributed by atoms with Gasteiger partial charge in [-0.1, -0.05) is 18.7 Å². The summed E-state index contributed by atoms with van der Waals surface area (Å²) in [6.45, 7) is 4.77. The summed E-state index contributed by atoms with van der Waals surface area (Å²) in [6.07, 6.45) is -0.242. The Labute approximate surface area is 120 Å². The quantitative estimate of drug-likeness (QED) is 0.508. The molecule has 8 heteroatoms. The van der Waals surface area contributed by atoms with Gasteiger partial charge in [0.1, 0.15) is 0 Å². The molecule has 20 heavy (non-hydrogen) atoms. The smallest absolute Gasteiger partial charge is 0.441 e. The molecule has 0 N–H and O–H groups in total. The van der Waals surface area contributed by atoms with Crippen molar-refractivity contribution in [1.82, 2.24) is 0 Å². The van der Waals surface area contributed by atoms with Crippen LogP contribution in [0.25, 0.3) is 0 Å². The van der Waals surface area contributed by atoms with E-state index >= 15 is 0 Å². The molecule has 0 amide bonds. The number of hydrogen-bond donors (Lipinski definition) is 0. The minimum Gasteiger partial charge on any atom is -0.465 e. The van der Waals surface area contributed by atoms with Crippen LogP contribution in [0, 0.1) is 5.41 Å². The first kappa shape index (κ1) is 19.1. The lowest BCUT2D eigenvalue weighted by Crippen LogP contribution is -2.42. The Morgan fingerprint density at radius 3 is 1.75 bits per heavy atom. The fraction of sp³-hybridized carbons (Fsp3) is 0.833. The van der Waals surface area contributed by atoms with E-state index in [1.165, 1.54) is 0 Å². The number of carbonyl (C=O) groups excluding carboxylic acids is 2. The Balaban J connectivity index is 5.01. The van der Waals surface area contributed by atoms with E-state index in [1.54, 1.807) is 20.8 Å². The summed E-state index contributed by atoms with van der Waals surface area (Å²) in [4.78, 5) is 23.9. The molecule has 0 saturated heterocycles. The lowest BCUT2D eigenvalue weighted by atomic mass is 9.82. The first-order chi connectivity index (χ1) is 9.23. The van der Waals surface area contributed by atoms with Gasteiger partial charge in [0.15, 0.2) is 5.41 Å². The number of ether oxygens (including phenoxy) is 2. The van der Waals surface area contributed by atoms with Gasteiger partial charge in [0, 0.05) is 5.75 Å². The molecule has 0 spiro atoms. The Hall–Kier alpha value is -0.920. The molecule has 0 aliphatic carbocycles. The molecule has 0 fully saturated rings. The van der Waals surface area contributed by atoms with Crippen LogP contribution in [0.4, 0.5) is 13.2 Å². The summed E-state index contributed by atoms with van der Waals surface area (Å²) < 4.78 is 46.1. The highest BCUT2D eigenvalue weighted by atomic mass is 32.2. The van der Waals surface area contributed by atoms with Gasteiger partial charge in [0.05, 0.1) is 13.2 Å². The van der Waals surface area contributed by atoms with Crippen molar-refractivity contribution >= 4 is 23.7 Å². The standard InChI is InChI=1S/C12H19F3O4S/c1-4-11(9(16)18-5-2,10(17)19-6-3)7-8-20-12(13,14)15/h4-8H2,1-3H3. The van der Waals surface area contributed by atoms with Crippen molar-refractivity contribution in [1.29, 1.82) is 0 Å². The number of rotatable bonds is 8. The van der Waals surface area contributed by atoms with Crippen LogP contribution in [0.1, 0.15) is 33.6 Å². The zero-order valence-corrected chi connectivity index (χ0v) is 12.5. The molecule has 0 aromatic rings. The topological polar surface area (TPSA) is 52.6 Å². The number of thioether (sulfide) groups is 1. The van der Waals surface area contributed by atoms with E-state index in [2.05, 4.69) is 0 Å². The molecule has 0 heterocycles. The monoisotopic (exact) mass is 316 g/mol. The molecule has 0 saturated carbocycles. The van der Waals surface area contributed by atoms with E-state index < -0.39 is 28.6 Å². The molecule has 0 aromatic heterocycles. The summed E-state index contributed by atoms with van der Waals surface area (Å²) in [5.41, 5.74) is -6.06. The van der Waals surface area contributed by atoms with Crippen molar-refractivity contribution in [3.05, 3.63) is 0 Å². The highest BCUT2D eigenvalue weighted by molar-refractivity contribution is 8.00. The summed E-state index contributed by atoms with van der Waals surface area (Å²) in [6, 6.07) is 0. The third-order valence-electron chi connectivity index (χ3n) is 2.73. The molecular weight excluding hydrogens is 297 g/mol. The maximum absolute atomic E-state index is 12.2. The van der Waals surface area contributed by atoms with Gasteiger partial charge in [-0.15, -0.1) is 0 Å². The van der Waals surface area contributed by atoms with Crippen LogP contribution in [0.5, 0.6) is 0 Å². The third kappa shape index (κ3) is 5.60. The van der Waals surface area contributed by atoms with Crippen molar-refractivity contribution in [3.63, 3.8) is 0 Å². The summed E-state index contributed by atoms with van der Waals surface area (Å²) in [5.74, 6) is -2.07. The Morgan fingerprint density at radius 1 is 1.00 bits per heavy atom. The largest absolute Gasteiger partial charge is 0.465 e. The second-order valence-corrected chi connectivity index (χ2v) is 5.08. The van der Waals surface area contributed by atoms with Gasteiger partial charge in [-0.25, -0.2) is 0 Å². The van der Waals surface area contributed by atoms with Crippen LogP contribution in [0.15, 0.2) is 0 Å². The number of esters is 2. The summed E-state index contributed by atoms with van der Waals surface area (Å²) in [5, 5.41) is 0. The SMILES string of the molecule is CCOC(=O)C(CC)(CCSC(F)(F)F)C(=O)OCC. The molecule has 0 bridgehead atoms. The molecule has 118 valence electrons. The zero-order valence-electron chi connectivity index (χ0n) is 11.7. The Kier molecular flexibility index (Phi) is 8.00. The fourth-order valence-corrected chi connectivity index (χ4v) is 2.31. The molecule has 0 unspecified atom stereocenters. The fourth-order valence-electron chi connectivity index (χ4n) is 1.63. The average Bonchev–Trinajstić information content (AvgIpc) is 2.34. The van der Waals surface area contributed by atoms with Crippen LogP contribution < -0.4 is 0 Å². The zero-order chi connectivity index (χ0) is 15.8. The second-order valence-electron chi connectivity index (χ2n) is 3.92. The van der Waals surface area contributed by atoms with Crippen LogP contribution >= 0.6 is 11.8 Å². The van der Waals surface area contributed by atoms with Crippen LogP contribution in [-0.4, -0.2) is 36.4 Å². The van der Waals surface area contributed by atoms with Crippen LogP contribution in [0.2, 0.25) is 0 Å². The normalized spacial score (nSPS) is 12.1. The minimum absolute atomic E-state index is 0.0308. The Morgan fingerprint density at radius 2 is 1.45 bits per heavy atom. The highest BCUT2D eigenvalue weighted by Gasteiger charge is 2.47. The molecule has 0 aromatic carbocycles. The van der Waals surface area contributed by atoms with Crippen molar-refractivity contribution in [2.24, 2.45) is 5.41 Å². The van der Waals surface area contributed by atoms with E-state index in [0.717, 1.165) is 0 Å². The van der Waals surface area contributed by atoms with Gasteiger partial charge < -0.3 is 9.47 Å². The number of alkyl halides is 3. The first-order valence-corrected chi connectivity index (χ1v) is 7.27. The number of carbonyl (C=O) groups is 2. The molecule has 0 radical (unpaired) electrons. The molecule has 4 nitrogen and oxygen atoms in total. The lowest BCUT2D eigenvalue weighted by molar-refractivity contribution is -0.172. The molecule has 0 atom stereocenters. The third-order valence-corrected chi connectivity index (χ3v) is 3.47. The van der Waals surface area contributed by atoms with Gasteiger partial charge in [-0.2, -0.15) is 13.2 Å². The summed E-state index contributed by atoms with van der Waals surface area (Å²) >= 11 is -0.269. The van der Waals surface area contributed by atoms with E-state index in [9.17, 15) is 22.8 Å².